The minimum Gasteiger partial charge on any atom is -0.386 e. The molecule has 1 atom stereocenters. The molecule has 0 unspecified atom stereocenters. The van der Waals surface area contributed by atoms with Crippen LogP contribution < -0.4 is 10.2 Å². The van der Waals surface area contributed by atoms with E-state index in [1.807, 2.05) is 49.4 Å². The van der Waals surface area contributed by atoms with Gasteiger partial charge in [0.2, 0.25) is 0 Å². The number of aromatic nitrogens is 3. The summed E-state index contributed by atoms with van der Waals surface area (Å²) in [6.07, 6.45) is 0.824. The number of hydrogen-bond acceptors (Lipinski definition) is 5. The number of aryl methyl sites for hydroxylation is 1. The Morgan fingerprint density at radius 2 is 1.90 bits per heavy atom. The summed E-state index contributed by atoms with van der Waals surface area (Å²) < 4.78 is 1.48. The Morgan fingerprint density at radius 3 is 2.55 bits per heavy atom. The van der Waals surface area contributed by atoms with Crippen LogP contribution in [0.2, 0.25) is 0 Å². The highest BCUT2D eigenvalue weighted by atomic mass is 16.3. The van der Waals surface area contributed by atoms with E-state index in [4.69, 9.17) is 0 Å². The summed E-state index contributed by atoms with van der Waals surface area (Å²) >= 11 is 0. The van der Waals surface area contributed by atoms with Crippen molar-refractivity contribution >= 4 is 17.3 Å². The van der Waals surface area contributed by atoms with Gasteiger partial charge in [0.1, 0.15) is 0 Å². The lowest BCUT2D eigenvalue weighted by Gasteiger charge is -2.22. The second kappa shape index (κ2) is 9.34. The highest BCUT2D eigenvalue weighted by molar-refractivity contribution is 6.03. The van der Waals surface area contributed by atoms with Crippen LogP contribution in [0, 0.1) is 6.92 Å². The van der Waals surface area contributed by atoms with Crippen molar-refractivity contribution < 1.29 is 9.90 Å². The summed E-state index contributed by atoms with van der Waals surface area (Å²) in [5, 5.41) is 21.1. The zero-order chi connectivity index (χ0) is 20.8. The molecule has 0 saturated heterocycles. The number of aliphatic hydroxyl groups excluding tert-OH is 1. The fourth-order valence-corrected chi connectivity index (χ4v) is 3.21. The maximum absolute atomic E-state index is 12.6. The zero-order valence-corrected chi connectivity index (χ0v) is 17.0. The molecule has 0 aliphatic rings. The van der Waals surface area contributed by atoms with Gasteiger partial charge in [0.25, 0.3) is 5.91 Å². The summed E-state index contributed by atoms with van der Waals surface area (Å²) in [6, 6.07) is 15.3. The molecule has 0 fully saturated rings. The molecule has 0 bridgehead atoms. The van der Waals surface area contributed by atoms with Crippen LogP contribution in [0.15, 0.2) is 54.7 Å². The van der Waals surface area contributed by atoms with Crippen LogP contribution in [0.3, 0.4) is 0 Å². The van der Waals surface area contributed by atoms with Gasteiger partial charge in [-0.15, -0.1) is 5.10 Å². The summed E-state index contributed by atoms with van der Waals surface area (Å²) in [5.74, 6) is -0.329. The lowest BCUT2D eigenvalue weighted by atomic mass is 10.1. The van der Waals surface area contributed by atoms with E-state index in [1.54, 1.807) is 6.20 Å². The molecule has 1 amide bonds. The van der Waals surface area contributed by atoms with E-state index in [0.29, 0.717) is 0 Å². The predicted octanol–water partition coefficient (Wildman–Crippen LogP) is 3.42. The SMILES string of the molecule is CCN(CC)c1ccc(NC(=O)c2cn(C[C@@H](O)c3ccccc3)nn2)c(C)c1. The standard InChI is InChI=1S/C22H27N5O2/c1-4-26(5-2)18-11-12-19(16(3)13-18)23-22(29)20-14-27(25-24-20)15-21(28)17-9-7-6-8-10-17/h6-14,21,28H,4-5,15H2,1-3H3,(H,23,29)/t21-/m1/s1. The largest absolute Gasteiger partial charge is 0.386 e. The predicted molar refractivity (Wildman–Crippen MR) is 114 cm³/mol. The highest BCUT2D eigenvalue weighted by Gasteiger charge is 2.15. The van der Waals surface area contributed by atoms with Crippen LogP contribution >= 0.6 is 0 Å². The molecule has 1 heterocycles. The average Bonchev–Trinajstić information content (AvgIpc) is 3.20. The minimum atomic E-state index is -0.719. The van der Waals surface area contributed by atoms with Gasteiger partial charge < -0.3 is 15.3 Å². The number of carbonyl (C=O) groups is 1. The number of nitrogens with one attached hydrogen (secondary N) is 1. The summed E-state index contributed by atoms with van der Waals surface area (Å²) in [4.78, 5) is 14.8. The number of benzene rings is 2. The highest BCUT2D eigenvalue weighted by Crippen LogP contribution is 2.23. The Hall–Kier alpha value is -3.19. The van der Waals surface area contributed by atoms with E-state index < -0.39 is 6.10 Å². The van der Waals surface area contributed by atoms with Crippen molar-refractivity contribution in [3.63, 3.8) is 0 Å². The van der Waals surface area contributed by atoms with Crippen molar-refractivity contribution in [1.29, 1.82) is 0 Å². The van der Waals surface area contributed by atoms with Crippen molar-refractivity contribution in [2.45, 2.75) is 33.4 Å². The average molecular weight is 393 g/mol. The number of anilines is 2. The van der Waals surface area contributed by atoms with Crippen molar-refractivity contribution in [1.82, 2.24) is 15.0 Å². The third-order valence-corrected chi connectivity index (χ3v) is 4.90. The Bertz CT molecular complexity index is 951. The smallest absolute Gasteiger partial charge is 0.277 e. The number of hydrogen-bond donors (Lipinski definition) is 2. The number of aliphatic hydroxyl groups is 1. The molecular weight excluding hydrogens is 366 g/mol. The topological polar surface area (TPSA) is 83.3 Å². The Kier molecular flexibility index (Phi) is 6.61. The van der Waals surface area contributed by atoms with Crippen LogP contribution in [-0.2, 0) is 6.54 Å². The van der Waals surface area contributed by atoms with E-state index in [1.165, 1.54) is 4.68 Å². The first kappa shape index (κ1) is 20.5. The Balaban J connectivity index is 1.66. The molecule has 3 aromatic rings. The second-order valence-corrected chi connectivity index (χ2v) is 6.88. The van der Waals surface area contributed by atoms with Crippen molar-refractivity contribution in [2.75, 3.05) is 23.3 Å². The van der Waals surface area contributed by atoms with Gasteiger partial charge in [-0.05, 0) is 50.1 Å². The first-order valence-electron chi connectivity index (χ1n) is 9.81. The van der Waals surface area contributed by atoms with E-state index in [2.05, 4.69) is 40.4 Å². The van der Waals surface area contributed by atoms with E-state index in [0.717, 1.165) is 35.6 Å². The van der Waals surface area contributed by atoms with Crippen LogP contribution in [-0.4, -0.2) is 39.1 Å². The lowest BCUT2D eigenvalue weighted by molar-refractivity contribution is 0.102. The summed E-state index contributed by atoms with van der Waals surface area (Å²) in [6.45, 7) is 8.29. The number of nitrogens with zero attached hydrogens (tertiary/aromatic N) is 4. The fraction of sp³-hybridized carbons (Fsp3) is 0.318. The van der Waals surface area contributed by atoms with Crippen LogP contribution in [0.4, 0.5) is 11.4 Å². The molecule has 2 aromatic carbocycles. The first-order chi connectivity index (χ1) is 14.0. The van der Waals surface area contributed by atoms with E-state index >= 15 is 0 Å². The molecule has 2 N–H and O–H groups in total. The molecule has 29 heavy (non-hydrogen) atoms. The Labute approximate surface area is 171 Å². The third-order valence-electron chi connectivity index (χ3n) is 4.90. The molecule has 0 radical (unpaired) electrons. The lowest BCUT2D eigenvalue weighted by Crippen LogP contribution is -2.22. The van der Waals surface area contributed by atoms with Gasteiger partial charge in [0.15, 0.2) is 5.69 Å². The first-order valence-corrected chi connectivity index (χ1v) is 9.81. The van der Waals surface area contributed by atoms with Crippen LogP contribution in [0.1, 0.15) is 41.6 Å². The van der Waals surface area contributed by atoms with E-state index in [9.17, 15) is 9.90 Å². The quantitative estimate of drug-likeness (QED) is 0.613. The molecule has 3 rings (SSSR count). The zero-order valence-electron chi connectivity index (χ0n) is 17.0. The third kappa shape index (κ3) is 5.00. The summed E-state index contributed by atoms with van der Waals surface area (Å²) in [7, 11) is 0. The van der Waals surface area contributed by atoms with Gasteiger partial charge in [0, 0.05) is 24.5 Å². The monoisotopic (exact) mass is 393 g/mol. The van der Waals surface area contributed by atoms with Gasteiger partial charge in [-0.2, -0.15) is 0 Å². The Morgan fingerprint density at radius 1 is 1.17 bits per heavy atom. The number of rotatable bonds is 8. The molecule has 7 nitrogen and oxygen atoms in total. The molecule has 7 heteroatoms. The fourth-order valence-electron chi connectivity index (χ4n) is 3.21. The van der Waals surface area contributed by atoms with Crippen molar-refractivity contribution in [3.8, 4) is 0 Å². The molecule has 0 aliphatic heterocycles. The van der Waals surface area contributed by atoms with Crippen molar-refractivity contribution in [2.24, 2.45) is 0 Å². The second-order valence-electron chi connectivity index (χ2n) is 6.88. The maximum atomic E-state index is 12.6. The van der Waals surface area contributed by atoms with Crippen LogP contribution in [0.5, 0.6) is 0 Å². The molecule has 1 aromatic heterocycles. The van der Waals surface area contributed by atoms with Gasteiger partial charge in [-0.1, -0.05) is 35.5 Å². The van der Waals surface area contributed by atoms with E-state index in [-0.39, 0.29) is 18.1 Å². The molecule has 0 spiro atoms. The van der Waals surface area contributed by atoms with Gasteiger partial charge in [-0.25, -0.2) is 4.68 Å². The maximum Gasteiger partial charge on any atom is 0.277 e. The van der Waals surface area contributed by atoms with Gasteiger partial charge >= 0.3 is 0 Å². The summed E-state index contributed by atoms with van der Waals surface area (Å²) in [5.41, 5.74) is 3.85. The molecule has 152 valence electrons. The van der Waals surface area contributed by atoms with Crippen LogP contribution in [0.25, 0.3) is 0 Å². The normalized spacial score (nSPS) is 11.9. The van der Waals surface area contributed by atoms with Crippen molar-refractivity contribution in [3.05, 3.63) is 71.5 Å². The minimum absolute atomic E-state index is 0.206. The molecular formula is C22H27N5O2. The van der Waals surface area contributed by atoms with Gasteiger partial charge in [0.05, 0.1) is 18.8 Å². The number of carbonyl (C=O) groups excluding carboxylic acids is 1. The van der Waals surface area contributed by atoms with Gasteiger partial charge in [-0.3, -0.25) is 4.79 Å². The molecule has 0 aliphatic carbocycles. The number of amides is 1. The molecule has 0 saturated carbocycles.